The fourth-order valence-corrected chi connectivity index (χ4v) is 4.13. The molecule has 190 valence electrons. The second kappa shape index (κ2) is 18.3. The van der Waals surface area contributed by atoms with E-state index < -0.39 is 10.5 Å². The Hall–Kier alpha value is -2.03. The van der Waals surface area contributed by atoms with Gasteiger partial charge in [0.15, 0.2) is 11.6 Å². The first-order chi connectivity index (χ1) is 17.2. The zero-order valence-electron chi connectivity index (χ0n) is 20.0. The molecule has 0 bridgehead atoms. The molecule has 0 aliphatic rings. The van der Waals surface area contributed by atoms with Crippen LogP contribution in [0.3, 0.4) is 0 Å². The average Bonchev–Trinajstić information content (AvgIpc) is 2.89. The van der Waals surface area contributed by atoms with Crippen LogP contribution in [0, 0.1) is 0 Å². The summed E-state index contributed by atoms with van der Waals surface area (Å²) < 4.78 is 0. The highest BCUT2D eigenvalue weighted by Crippen LogP contribution is 2.18. The van der Waals surface area contributed by atoms with Gasteiger partial charge in [-0.25, -0.2) is 0 Å². The number of thioether (sulfide) groups is 3. The molecule has 0 saturated heterocycles. The van der Waals surface area contributed by atoms with Gasteiger partial charge in [-0.2, -0.15) is 0 Å². The van der Waals surface area contributed by atoms with Crippen molar-refractivity contribution in [3.05, 3.63) is 90.0 Å². The summed E-state index contributed by atoms with van der Waals surface area (Å²) in [5, 5.41) is -1.44. The minimum atomic E-state index is -0.722. The number of Topliss-reactive ketones (excluding diaryl/α,β-unsaturated/α-hetero) is 2. The zero-order valence-corrected chi connectivity index (χ0v) is 24.0. The molecule has 3 aromatic carbocycles. The van der Waals surface area contributed by atoms with Crippen LogP contribution in [0.15, 0.2) is 93.5 Å². The summed E-state index contributed by atoms with van der Waals surface area (Å²) in [6.07, 6.45) is 5.58. The van der Waals surface area contributed by atoms with Crippen LogP contribution in [0.2, 0.25) is 0 Å². The highest BCUT2D eigenvalue weighted by molar-refractivity contribution is 7.99. The van der Waals surface area contributed by atoms with Gasteiger partial charge in [-0.05, 0) is 78.4 Å². The Morgan fingerprint density at radius 3 is 1.11 bits per heavy atom. The van der Waals surface area contributed by atoms with Crippen LogP contribution in [0.4, 0.5) is 0 Å². The minimum absolute atomic E-state index is 0.0861. The maximum Gasteiger partial charge on any atom is 0.230 e. The van der Waals surface area contributed by atoms with E-state index in [0.717, 1.165) is 9.79 Å². The number of carbonyl (C=O) groups excluding carboxylic acids is 4. The topological polar surface area (TPSA) is 68.3 Å². The Bertz CT molecular complexity index is 1050. The minimum Gasteiger partial charge on any atom is -0.294 e. The second-order valence-electron chi connectivity index (χ2n) is 6.88. The quantitative estimate of drug-likeness (QED) is 0.110. The van der Waals surface area contributed by atoms with Gasteiger partial charge in [0.1, 0.15) is 0 Å². The van der Waals surface area contributed by atoms with E-state index in [0.29, 0.717) is 11.1 Å². The van der Waals surface area contributed by atoms with Gasteiger partial charge >= 0.3 is 0 Å². The van der Waals surface area contributed by atoms with Crippen LogP contribution in [0.1, 0.15) is 33.6 Å². The van der Waals surface area contributed by atoms with E-state index in [-0.39, 0.29) is 24.4 Å². The van der Waals surface area contributed by atoms with E-state index in [1.54, 1.807) is 59.6 Å². The van der Waals surface area contributed by atoms with Crippen molar-refractivity contribution in [1.82, 2.24) is 0 Å². The zero-order chi connectivity index (χ0) is 26.9. The summed E-state index contributed by atoms with van der Waals surface area (Å²) in [5.41, 5.74) is 1.17. The van der Waals surface area contributed by atoms with Gasteiger partial charge in [-0.3, -0.25) is 19.2 Å². The summed E-state index contributed by atoms with van der Waals surface area (Å²) in [5.74, 6) is -0.275. The first-order valence-electron chi connectivity index (χ1n) is 10.5. The van der Waals surface area contributed by atoms with Crippen molar-refractivity contribution < 1.29 is 19.2 Å². The van der Waals surface area contributed by atoms with Crippen molar-refractivity contribution >= 4 is 80.5 Å². The lowest BCUT2D eigenvalue weighted by Gasteiger charge is -2.03. The Morgan fingerprint density at radius 2 is 0.861 bits per heavy atom. The van der Waals surface area contributed by atoms with Gasteiger partial charge < -0.3 is 0 Å². The molecule has 9 heteroatoms. The van der Waals surface area contributed by atoms with Crippen LogP contribution < -0.4 is 0 Å². The van der Waals surface area contributed by atoms with E-state index >= 15 is 0 Å². The predicted octanol–water partition coefficient (Wildman–Crippen LogP) is 7.90. The summed E-state index contributed by atoms with van der Waals surface area (Å²) >= 11 is 14.5. The van der Waals surface area contributed by atoms with E-state index in [1.165, 1.54) is 4.90 Å². The second-order valence-corrected chi connectivity index (χ2v) is 10.4. The molecule has 0 spiro atoms. The molecule has 0 aromatic heterocycles. The fraction of sp³-hybridized carbons (Fsp3) is 0.185. The van der Waals surface area contributed by atoms with Gasteiger partial charge in [-0.15, -0.1) is 35.3 Å². The molecule has 3 rings (SSSR count). The smallest absolute Gasteiger partial charge is 0.230 e. The Labute approximate surface area is 234 Å². The van der Waals surface area contributed by atoms with Crippen molar-refractivity contribution in [3.8, 4) is 0 Å². The molecule has 0 atom stereocenters. The van der Waals surface area contributed by atoms with Crippen molar-refractivity contribution in [2.75, 3.05) is 18.8 Å². The highest BCUT2D eigenvalue weighted by Gasteiger charge is 2.13. The molecule has 0 aliphatic carbocycles. The van der Waals surface area contributed by atoms with Crippen LogP contribution in [-0.2, 0) is 9.59 Å². The molecule has 0 saturated carbocycles. The van der Waals surface area contributed by atoms with Crippen LogP contribution >= 0.6 is 58.5 Å². The SMILES string of the molecule is CSc1ccc(C(=O)CC(=O)c2ccc(SC)cc2)cc1.CSc1ccccc1.O=C(Cl)CC(=O)Cl. The lowest BCUT2D eigenvalue weighted by atomic mass is 10.0. The van der Waals surface area contributed by atoms with Crippen LogP contribution in [0.5, 0.6) is 0 Å². The Kier molecular flexibility index (Phi) is 16.2. The molecule has 0 aliphatic heterocycles. The number of hydrogen-bond acceptors (Lipinski definition) is 7. The lowest BCUT2D eigenvalue weighted by molar-refractivity contribution is -0.118. The predicted molar refractivity (Wildman–Crippen MR) is 154 cm³/mol. The van der Waals surface area contributed by atoms with E-state index in [9.17, 15) is 19.2 Å². The number of ketones is 2. The van der Waals surface area contributed by atoms with Crippen molar-refractivity contribution in [2.45, 2.75) is 27.5 Å². The fourth-order valence-electron chi connectivity index (χ4n) is 2.57. The molecular weight excluding hydrogens is 555 g/mol. The standard InChI is InChI=1S/C17H16O2S2.C7H8S.C3H2Cl2O2/c1-20-14-7-3-12(4-8-14)16(18)11-17(19)13-5-9-15(21-2)10-6-13;1-8-7-5-3-2-4-6-7;4-2(6)1-3(5)7/h3-10H,11H2,1-2H3;2-6H,1H3;1H2. The summed E-state index contributed by atoms with van der Waals surface area (Å²) in [4.78, 5) is 47.2. The van der Waals surface area contributed by atoms with Gasteiger partial charge in [0, 0.05) is 25.8 Å². The first kappa shape index (κ1) is 32.0. The number of carbonyl (C=O) groups is 4. The molecule has 0 radical (unpaired) electrons. The van der Waals surface area contributed by atoms with Crippen molar-refractivity contribution in [2.24, 2.45) is 0 Å². The molecule has 3 aromatic rings. The van der Waals surface area contributed by atoms with Gasteiger partial charge in [0.2, 0.25) is 10.5 Å². The van der Waals surface area contributed by atoms with E-state index in [4.69, 9.17) is 23.2 Å². The molecule has 36 heavy (non-hydrogen) atoms. The highest BCUT2D eigenvalue weighted by atomic mass is 35.5. The molecule has 0 heterocycles. The largest absolute Gasteiger partial charge is 0.294 e. The maximum absolute atomic E-state index is 12.1. The Balaban J connectivity index is 0.000000353. The van der Waals surface area contributed by atoms with Gasteiger partial charge in [0.05, 0.1) is 12.8 Å². The monoisotopic (exact) mass is 580 g/mol. The molecular formula is C27H26Cl2O4S3. The van der Waals surface area contributed by atoms with E-state index in [2.05, 4.69) is 18.4 Å². The number of rotatable bonds is 9. The molecule has 0 N–H and O–H groups in total. The number of hydrogen-bond donors (Lipinski definition) is 0. The third-order valence-corrected chi connectivity index (χ3v) is 6.90. The maximum atomic E-state index is 12.1. The first-order valence-corrected chi connectivity index (χ1v) is 14.9. The van der Waals surface area contributed by atoms with Crippen LogP contribution in [0.25, 0.3) is 0 Å². The number of benzene rings is 3. The van der Waals surface area contributed by atoms with Gasteiger partial charge in [-0.1, -0.05) is 42.5 Å². The normalized spacial score (nSPS) is 9.69. The van der Waals surface area contributed by atoms with Crippen molar-refractivity contribution in [3.63, 3.8) is 0 Å². The molecule has 0 fully saturated rings. The third kappa shape index (κ3) is 13.3. The van der Waals surface area contributed by atoms with Gasteiger partial charge in [0.25, 0.3) is 0 Å². The molecule has 0 unspecified atom stereocenters. The lowest BCUT2D eigenvalue weighted by Crippen LogP contribution is -2.08. The summed E-state index contributed by atoms with van der Waals surface area (Å²) in [6, 6.07) is 25.0. The van der Waals surface area contributed by atoms with E-state index in [1.807, 2.05) is 55.0 Å². The molecule has 4 nitrogen and oxygen atoms in total. The third-order valence-electron chi connectivity index (χ3n) is 4.40. The average molecular weight is 582 g/mol. The van der Waals surface area contributed by atoms with Crippen LogP contribution in [-0.4, -0.2) is 40.8 Å². The number of halogens is 2. The van der Waals surface area contributed by atoms with Crippen molar-refractivity contribution in [1.29, 1.82) is 0 Å². The molecule has 0 amide bonds. The summed E-state index contributed by atoms with van der Waals surface area (Å²) in [7, 11) is 0. The summed E-state index contributed by atoms with van der Waals surface area (Å²) in [6.45, 7) is 0. The Morgan fingerprint density at radius 1 is 0.528 bits per heavy atom.